The highest BCUT2D eigenvalue weighted by Crippen LogP contribution is 2.29. The third kappa shape index (κ3) is 7.10. The van der Waals surface area contributed by atoms with Crippen LogP contribution in [0.25, 0.3) is 0 Å². The maximum absolute atomic E-state index is 12.7. The Morgan fingerprint density at radius 2 is 1.48 bits per heavy atom. The fourth-order valence-corrected chi connectivity index (χ4v) is 3.39. The Morgan fingerprint density at radius 1 is 0.788 bits per heavy atom. The predicted octanol–water partition coefficient (Wildman–Crippen LogP) is 4.99. The summed E-state index contributed by atoms with van der Waals surface area (Å²) in [6, 6.07) is 22.4. The van der Waals surface area contributed by atoms with E-state index in [1.807, 2.05) is 62.4 Å². The molecule has 0 saturated heterocycles. The summed E-state index contributed by atoms with van der Waals surface area (Å²) in [7, 11) is 0. The molecular formula is C27H30N2O4. The highest BCUT2D eigenvalue weighted by Gasteiger charge is 2.14. The van der Waals surface area contributed by atoms with E-state index in [2.05, 4.69) is 10.6 Å². The summed E-state index contributed by atoms with van der Waals surface area (Å²) in [5.74, 6) is 0.980. The van der Waals surface area contributed by atoms with Crippen molar-refractivity contribution in [2.24, 2.45) is 0 Å². The van der Waals surface area contributed by atoms with Crippen molar-refractivity contribution in [1.82, 2.24) is 5.32 Å². The van der Waals surface area contributed by atoms with Crippen molar-refractivity contribution in [3.8, 4) is 11.5 Å². The van der Waals surface area contributed by atoms with Crippen molar-refractivity contribution in [1.29, 1.82) is 0 Å². The molecule has 3 aromatic carbocycles. The van der Waals surface area contributed by atoms with Crippen molar-refractivity contribution in [2.75, 3.05) is 18.5 Å². The topological polar surface area (TPSA) is 76.7 Å². The van der Waals surface area contributed by atoms with Crippen LogP contribution < -0.4 is 20.1 Å². The van der Waals surface area contributed by atoms with Gasteiger partial charge in [0.15, 0.2) is 11.5 Å². The molecule has 0 aliphatic rings. The predicted molar refractivity (Wildman–Crippen MR) is 130 cm³/mol. The van der Waals surface area contributed by atoms with Gasteiger partial charge in [0.1, 0.15) is 0 Å². The number of para-hydroxylation sites is 1. The van der Waals surface area contributed by atoms with Crippen LogP contribution >= 0.6 is 0 Å². The average molecular weight is 447 g/mol. The van der Waals surface area contributed by atoms with Gasteiger partial charge in [-0.1, -0.05) is 48.5 Å². The Hall–Kier alpha value is -3.80. The summed E-state index contributed by atoms with van der Waals surface area (Å²) < 4.78 is 11.3. The zero-order valence-electron chi connectivity index (χ0n) is 19.1. The Kier molecular flexibility index (Phi) is 8.88. The lowest BCUT2D eigenvalue weighted by molar-refractivity contribution is -0.116. The van der Waals surface area contributed by atoms with Crippen molar-refractivity contribution < 1.29 is 19.1 Å². The van der Waals surface area contributed by atoms with Gasteiger partial charge in [-0.25, -0.2) is 0 Å². The van der Waals surface area contributed by atoms with Crippen molar-refractivity contribution in [3.63, 3.8) is 0 Å². The molecule has 0 atom stereocenters. The zero-order chi connectivity index (χ0) is 23.5. The fourth-order valence-electron chi connectivity index (χ4n) is 3.39. The van der Waals surface area contributed by atoms with E-state index in [9.17, 15) is 9.59 Å². The van der Waals surface area contributed by atoms with E-state index < -0.39 is 0 Å². The Bertz CT molecular complexity index is 1070. The third-order valence-electron chi connectivity index (χ3n) is 4.99. The summed E-state index contributed by atoms with van der Waals surface area (Å²) in [5.41, 5.74) is 2.91. The molecule has 3 aromatic rings. The van der Waals surface area contributed by atoms with Crippen LogP contribution in [0.5, 0.6) is 11.5 Å². The minimum absolute atomic E-state index is 0.162. The summed E-state index contributed by atoms with van der Waals surface area (Å²) >= 11 is 0. The van der Waals surface area contributed by atoms with E-state index in [0.717, 1.165) is 11.1 Å². The van der Waals surface area contributed by atoms with Crippen LogP contribution in [-0.4, -0.2) is 25.0 Å². The first-order valence-electron chi connectivity index (χ1n) is 11.2. The van der Waals surface area contributed by atoms with E-state index in [-0.39, 0.29) is 18.2 Å². The van der Waals surface area contributed by atoms with Crippen LogP contribution in [0.4, 0.5) is 5.69 Å². The highest BCUT2D eigenvalue weighted by atomic mass is 16.5. The molecule has 33 heavy (non-hydrogen) atoms. The Morgan fingerprint density at radius 3 is 2.24 bits per heavy atom. The maximum Gasteiger partial charge on any atom is 0.253 e. The SMILES string of the molecule is CCOc1ccc(CCC(=O)Nc2ccccc2C(=O)NCc2ccccc2)cc1OCC. The molecule has 0 aliphatic heterocycles. The molecule has 0 radical (unpaired) electrons. The minimum atomic E-state index is -0.234. The normalized spacial score (nSPS) is 10.4. The van der Waals surface area contributed by atoms with E-state index >= 15 is 0 Å². The number of carbonyl (C=O) groups is 2. The molecular weight excluding hydrogens is 416 g/mol. The number of nitrogens with one attached hydrogen (secondary N) is 2. The van der Waals surface area contributed by atoms with Gasteiger partial charge in [0.25, 0.3) is 5.91 Å². The molecule has 0 bridgehead atoms. The third-order valence-corrected chi connectivity index (χ3v) is 4.99. The van der Waals surface area contributed by atoms with Crippen LogP contribution in [-0.2, 0) is 17.8 Å². The quantitative estimate of drug-likeness (QED) is 0.435. The molecule has 0 heterocycles. The van der Waals surface area contributed by atoms with Gasteiger partial charge in [0.05, 0.1) is 24.5 Å². The molecule has 3 rings (SSSR count). The number of anilines is 1. The standard InChI is InChI=1S/C27H30N2O4/c1-3-32-24-16-14-20(18-25(24)33-4-2)15-17-26(30)29-23-13-9-8-12-22(23)27(31)28-19-21-10-6-5-7-11-21/h5-14,16,18H,3-4,15,17,19H2,1-2H3,(H,28,31)(H,29,30). The lowest BCUT2D eigenvalue weighted by Gasteiger charge is -2.13. The molecule has 0 spiro atoms. The molecule has 0 aromatic heterocycles. The number of rotatable bonds is 11. The Balaban J connectivity index is 1.59. The maximum atomic E-state index is 12.7. The number of hydrogen-bond acceptors (Lipinski definition) is 4. The van der Waals surface area contributed by atoms with E-state index in [1.54, 1.807) is 24.3 Å². The number of hydrogen-bond donors (Lipinski definition) is 2. The second kappa shape index (κ2) is 12.3. The monoisotopic (exact) mass is 446 g/mol. The molecule has 6 heteroatoms. The number of benzene rings is 3. The molecule has 2 N–H and O–H groups in total. The van der Waals surface area contributed by atoms with Crippen LogP contribution in [0.1, 0.15) is 41.8 Å². The summed E-state index contributed by atoms with van der Waals surface area (Å²) in [6.45, 7) is 5.35. The van der Waals surface area contributed by atoms with Gasteiger partial charge in [-0.05, 0) is 55.7 Å². The van der Waals surface area contributed by atoms with Crippen LogP contribution in [0.15, 0.2) is 72.8 Å². The lowest BCUT2D eigenvalue weighted by Crippen LogP contribution is -2.24. The van der Waals surface area contributed by atoms with Gasteiger partial charge < -0.3 is 20.1 Å². The van der Waals surface area contributed by atoms with Crippen LogP contribution in [0, 0.1) is 0 Å². The smallest absolute Gasteiger partial charge is 0.253 e. The van der Waals surface area contributed by atoms with Crippen molar-refractivity contribution in [3.05, 3.63) is 89.5 Å². The Labute approximate surface area is 194 Å². The number of aryl methyl sites for hydroxylation is 1. The first-order valence-corrected chi connectivity index (χ1v) is 11.2. The average Bonchev–Trinajstić information content (AvgIpc) is 2.84. The van der Waals surface area contributed by atoms with E-state index in [0.29, 0.717) is 48.9 Å². The first kappa shape index (κ1) is 23.9. The molecule has 0 fully saturated rings. The van der Waals surface area contributed by atoms with Crippen LogP contribution in [0.3, 0.4) is 0 Å². The largest absolute Gasteiger partial charge is 0.490 e. The summed E-state index contributed by atoms with van der Waals surface area (Å²) in [6.07, 6.45) is 0.820. The minimum Gasteiger partial charge on any atom is -0.490 e. The molecule has 0 saturated carbocycles. The second-order valence-electron chi connectivity index (χ2n) is 7.41. The van der Waals surface area contributed by atoms with E-state index in [4.69, 9.17) is 9.47 Å². The number of carbonyl (C=O) groups excluding carboxylic acids is 2. The number of ether oxygens (including phenoxy) is 2. The first-order chi connectivity index (χ1) is 16.1. The van der Waals surface area contributed by atoms with Crippen molar-refractivity contribution in [2.45, 2.75) is 33.2 Å². The van der Waals surface area contributed by atoms with E-state index in [1.165, 1.54) is 0 Å². The molecule has 0 unspecified atom stereocenters. The van der Waals surface area contributed by atoms with Gasteiger partial charge in [-0.2, -0.15) is 0 Å². The van der Waals surface area contributed by atoms with Gasteiger partial charge in [0, 0.05) is 13.0 Å². The summed E-state index contributed by atoms with van der Waals surface area (Å²) in [5, 5.41) is 5.78. The van der Waals surface area contributed by atoms with Gasteiger partial charge in [0.2, 0.25) is 5.91 Å². The van der Waals surface area contributed by atoms with Gasteiger partial charge in [-0.15, -0.1) is 0 Å². The van der Waals surface area contributed by atoms with Gasteiger partial charge in [-0.3, -0.25) is 9.59 Å². The highest BCUT2D eigenvalue weighted by molar-refractivity contribution is 6.03. The fraction of sp³-hybridized carbons (Fsp3) is 0.259. The lowest BCUT2D eigenvalue weighted by atomic mass is 10.1. The second-order valence-corrected chi connectivity index (χ2v) is 7.41. The molecule has 6 nitrogen and oxygen atoms in total. The molecule has 2 amide bonds. The molecule has 0 aliphatic carbocycles. The van der Waals surface area contributed by atoms with Gasteiger partial charge >= 0.3 is 0 Å². The van der Waals surface area contributed by atoms with Crippen LogP contribution in [0.2, 0.25) is 0 Å². The number of amides is 2. The van der Waals surface area contributed by atoms with Crippen molar-refractivity contribution >= 4 is 17.5 Å². The zero-order valence-corrected chi connectivity index (χ0v) is 19.1. The molecule has 172 valence electrons. The summed E-state index contributed by atoms with van der Waals surface area (Å²) in [4.78, 5) is 25.3.